The average molecular weight is 298 g/mol. The molecule has 1 aliphatic rings. The third-order valence-electron chi connectivity index (χ3n) is 4.43. The van der Waals surface area contributed by atoms with Crippen molar-refractivity contribution in [1.29, 1.82) is 0 Å². The standard InChI is InChI=1S/C17H21F3O/c18-17(19,20)13-7-10-15(21)16(11-5-2-6-12-16)14-8-3-1-4-9-14/h1,3-4,8-9H,2,5-7,10-13H2. The topological polar surface area (TPSA) is 17.1 Å². The first-order chi connectivity index (χ1) is 9.94. The Hall–Kier alpha value is -1.32. The predicted octanol–water partition coefficient (Wildman–Crippen LogP) is 5.19. The maximum atomic E-state index is 12.6. The molecule has 0 saturated heterocycles. The molecule has 0 bridgehead atoms. The van der Waals surface area contributed by atoms with Crippen molar-refractivity contribution in [2.75, 3.05) is 0 Å². The van der Waals surface area contributed by atoms with E-state index in [0.29, 0.717) is 0 Å². The highest BCUT2D eigenvalue weighted by Crippen LogP contribution is 2.41. The molecule has 1 aliphatic carbocycles. The smallest absolute Gasteiger partial charge is 0.299 e. The number of Topliss-reactive ketones (excluding diaryl/α,β-unsaturated/α-hetero) is 1. The minimum Gasteiger partial charge on any atom is -0.299 e. The van der Waals surface area contributed by atoms with Gasteiger partial charge in [-0.1, -0.05) is 49.6 Å². The number of hydrogen-bond acceptors (Lipinski definition) is 1. The van der Waals surface area contributed by atoms with Crippen molar-refractivity contribution in [3.63, 3.8) is 0 Å². The van der Waals surface area contributed by atoms with Gasteiger partial charge in [-0.25, -0.2) is 0 Å². The van der Waals surface area contributed by atoms with Gasteiger partial charge in [0.1, 0.15) is 5.78 Å². The van der Waals surface area contributed by atoms with E-state index in [2.05, 4.69) is 0 Å². The monoisotopic (exact) mass is 298 g/mol. The molecule has 4 heteroatoms. The summed E-state index contributed by atoms with van der Waals surface area (Å²) in [7, 11) is 0. The van der Waals surface area contributed by atoms with Crippen molar-refractivity contribution >= 4 is 5.78 Å². The average Bonchev–Trinajstić information content (AvgIpc) is 2.47. The molecule has 0 aromatic heterocycles. The highest BCUT2D eigenvalue weighted by molar-refractivity contribution is 5.90. The molecular weight excluding hydrogens is 277 g/mol. The Kier molecular flexibility index (Phi) is 5.07. The molecular formula is C17H21F3O. The second kappa shape index (κ2) is 6.63. The molecule has 1 aromatic rings. The summed E-state index contributed by atoms with van der Waals surface area (Å²) in [6, 6.07) is 9.57. The second-order valence-corrected chi connectivity index (χ2v) is 5.90. The van der Waals surface area contributed by atoms with Crippen LogP contribution in [-0.2, 0) is 10.2 Å². The van der Waals surface area contributed by atoms with Gasteiger partial charge in [-0.2, -0.15) is 13.2 Å². The van der Waals surface area contributed by atoms with Crippen LogP contribution < -0.4 is 0 Å². The van der Waals surface area contributed by atoms with E-state index in [4.69, 9.17) is 0 Å². The fourth-order valence-corrected chi connectivity index (χ4v) is 3.33. The number of ketones is 1. The Morgan fingerprint density at radius 2 is 1.67 bits per heavy atom. The van der Waals surface area contributed by atoms with Crippen molar-refractivity contribution in [2.24, 2.45) is 0 Å². The molecule has 0 unspecified atom stereocenters. The molecule has 1 aromatic carbocycles. The second-order valence-electron chi connectivity index (χ2n) is 5.90. The van der Waals surface area contributed by atoms with Gasteiger partial charge in [-0.15, -0.1) is 0 Å². The zero-order chi connectivity index (χ0) is 15.3. The zero-order valence-corrected chi connectivity index (χ0v) is 12.1. The van der Waals surface area contributed by atoms with E-state index in [1.807, 2.05) is 30.3 Å². The van der Waals surface area contributed by atoms with E-state index in [9.17, 15) is 18.0 Å². The van der Waals surface area contributed by atoms with Gasteiger partial charge in [0.25, 0.3) is 0 Å². The number of benzene rings is 1. The molecule has 2 rings (SSSR count). The Labute approximate surface area is 123 Å². The van der Waals surface area contributed by atoms with Crippen LogP contribution in [0.4, 0.5) is 13.2 Å². The van der Waals surface area contributed by atoms with Crippen molar-refractivity contribution in [3.8, 4) is 0 Å². The van der Waals surface area contributed by atoms with E-state index in [1.54, 1.807) is 0 Å². The Morgan fingerprint density at radius 3 is 2.24 bits per heavy atom. The van der Waals surface area contributed by atoms with Crippen LogP contribution in [0.15, 0.2) is 30.3 Å². The first kappa shape index (κ1) is 16.1. The van der Waals surface area contributed by atoms with Crippen LogP contribution in [0.3, 0.4) is 0 Å². The Morgan fingerprint density at radius 1 is 1.05 bits per heavy atom. The molecule has 0 N–H and O–H groups in total. The minimum atomic E-state index is -4.17. The van der Waals surface area contributed by atoms with Crippen molar-refractivity contribution in [3.05, 3.63) is 35.9 Å². The van der Waals surface area contributed by atoms with Gasteiger partial charge < -0.3 is 0 Å². The lowest BCUT2D eigenvalue weighted by Gasteiger charge is -2.36. The summed E-state index contributed by atoms with van der Waals surface area (Å²) in [6.45, 7) is 0. The SMILES string of the molecule is O=C(CCCC(F)(F)F)C1(c2ccccc2)CCCCC1. The molecule has 0 spiro atoms. The van der Waals surface area contributed by atoms with Gasteiger partial charge in [-0.05, 0) is 24.8 Å². The van der Waals surface area contributed by atoms with E-state index >= 15 is 0 Å². The molecule has 21 heavy (non-hydrogen) atoms. The summed E-state index contributed by atoms with van der Waals surface area (Å²) in [5.41, 5.74) is 0.423. The highest BCUT2D eigenvalue weighted by Gasteiger charge is 2.40. The van der Waals surface area contributed by atoms with E-state index in [-0.39, 0.29) is 18.6 Å². The molecule has 0 radical (unpaired) electrons. The lowest BCUT2D eigenvalue weighted by molar-refractivity contribution is -0.138. The summed E-state index contributed by atoms with van der Waals surface area (Å²) in [5, 5.41) is 0. The van der Waals surface area contributed by atoms with Crippen LogP contribution in [0, 0.1) is 0 Å². The predicted molar refractivity (Wildman–Crippen MR) is 76.1 cm³/mol. The van der Waals surface area contributed by atoms with Gasteiger partial charge in [0, 0.05) is 12.8 Å². The lowest BCUT2D eigenvalue weighted by atomic mass is 9.66. The summed E-state index contributed by atoms with van der Waals surface area (Å²) in [4.78, 5) is 12.6. The van der Waals surface area contributed by atoms with E-state index in [0.717, 1.165) is 37.7 Å². The van der Waals surface area contributed by atoms with Crippen LogP contribution in [0.2, 0.25) is 0 Å². The quantitative estimate of drug-likeness (QED) is 0.731. The lowest BCUT2D eigenvalue weighted by Crippen LogP contribution is -2.38. The van der Waals surface area contributed by atoms with Gasteiger partial charge in [0.2, 0.25) is 0 Å². The Balaban J connectivity index is 2.11. The molecule has 1 saturated carbocycles. The fraction of sp³-hybridized carbons (Fsp3) is 0.588. The van der Waals surface area contributed by atoms with Gasteiger partial charge >= 0.3 is 6.18 Å². The van der Waals surface area contributed by atoms with Crippen molar-refractivity contribution in [2.45, 2.75) is 63.0 Å². The van der Waals surface area contributed by atoms with E-state index < -0.39 is 18.0 Å². The fourth-order valence-electron chi connectivity index (χ4n) is 3.33. The number of hydrogen-bond donors (Lipinski definition) is 0. The summed E-state index contributed by atoms with van der Waals surface area (Å²) >= 11 is 0. The summed E-state index contributed by atoms with van der Waals surface area (Å²) in [5.74, 6) is -0.0161. The number of rotatable bonds is 5. The third-order valence-corrected chi connectivity index (χ3v) is 4.43. The summed E-state index contributed by atoms with van der Waals surface area (Å²) in [6.07, 6.45) is -0.546. The first-order valence-electron chi connectivity index (χ1n) is 7.60. The molecule has 116 valence electrons. The normalized spacial score (nSPS) is 18.4. The number of carbonyl (C=O) groups is 1. The van der Waals surface area contributed by atoms with Crippen LogP contribution in [-0.4, -0.2) is 12.0 Å². The van der Waals surface area contributed by atoms with Crippen molar-refractivity contribution in [1.82, 2.24) is 0 Å². The van der Waals surface area contributed by atoms with Gasteiger partial charge in [0.05, 0.1) is 5.41 Å². The van der Waals surface area contributed by atoms with Crippen LogP contribution in [0.25, 0.3) is 0 Å². The van der Waals surface area contributed by atoms with Crippen LogP contribution in [0.5, 0.6) is 0 Å². The van der Waals surface area contributed by atoms with E-state index in [1.165, 1.54) is 0 Å². The number of alkyl halides is 3. The van der Waals surface area contributed by atoms with Gasteiger partial charge in [-0.3, -0.25) is 4.79 Å². The molecule has 0 aliphatic heterocycles. The number of carbonyl (C=O) groups excluding carboxylic acids is 1. The molecule has 0 heterocycles. The molecule has 0 amide bonds. The molecule has 1 nitrogen and oxygen atoms in total. The zero-order valence-electron chi connectivity index (χ0n) is 12.1. The molecule has 0 atom stereocenters. The van der Waals surface area contributed by atoms with Crippen LogP contribution in [0.1, 0.15) is 56.9 Å². The van der Waals surface area contributed by atoms with Crippen LogP contribution >= 0.6 is 0 Å². The maximum absolute atomic E-state index is 12.6. The number of halogens is 3. The minimum absolute atomic E-state index is 0.0161. The largest absolute Gasteiger partial charge is 0.389 e. The first-order valence-corrected chi connectivity index (χ1v) is 7.60. The third kappa shape index (κ3) is 4.08. The molecule has 1 fully saturated rings. The summed E-state index contributed by atoms with van der Waals surface area (Å²) < 4.78 is 36.8. The maximum Gasteiger partial charge on any atom is 0.389 e. The van der Waals surface area contributed by atoms with Gasteiger partial charge in [0.15, 0.2) is 0 Å². The Bertz CT molecular complexity index is 459. The highest BCUT2D eigenvalue weighted by atomic mass is 19.4. The van der Waals surface area contributed by atoms with Crippen molar-refractivity contribution < 1.29 is 18.0 Å².